The first-order valence-electron chi connectivity index (χ1n) is 4.64. The van der Waals surface area contributed by atoms with Gasteiger partial charge < -0.3 is 10.1 Å². The molecule has 0 aromatic carbocycles. The Morgan fingerprint density at radius 1 is 1.72 bits per heavy atom. The molecule has 1 heterocycles. The Kier molecular flexibility index (Phi) is 4.38. The Morgan fingerprint density at radius 2 is 2.44 bits per heavy atom. The fourth-order valence-corrected chi connectivity index (χ4v) is 0.884. The number of nitrogens with zero attached hydrogens (tertiary/aromatic N) is 7. The van der Waals surface area contributed by atoms with Crippen LogP contribution in [0.4, 0.5) is 5.95 Å². The lowest BCUT2D eigenvalue weighted by Crippen LogP contribution is -2.20. The summed E-state index contributed by atoms with van der Waals surface area (Å²) < 4.78 is 0. The van der Waals surface area contributed by atoms with Gasteiger partial charge in [0.1, 0.15) is 13.0 Å². The van der Waals surface area contributed by atoms with E-state index in [1.807, 2.05) is 0 Å². The van der Waals surface area contributed by atoms with Gasteiger partial charge in [0.25, 0.3) is 5.91 Å². The highest BCUT2D eigenvalue weighted by Gasteiger charge is 2.15. The van der Waals surface area contributed by atoms with Gasteiger partial charge in [-0.2, -0.15) is 10.4 Å². The molecule has 0 unspecified atom stereocenters. The van der Waals surface area contributed by atoms with Crippen LogP contribution in [0.5, 0.6) is 0 Å². The Bertz CT molecular complexity index is 527. The molecule has 1 aromatic heterocycles. The van der Waals surface area contributed by atoms with E-state index in [-0.39, 0.29) is 13.0 Å². The third-order valence-electron chi connectivity index (χ3n) is 1.59. The van der Waals surface area contributed by atoms with E-state index in [1.165, 1.54) is 0 Å². The van der Waals surface area contributed by atoms with Crippen molar-refractivity contribution in [2.45, 2.75) is 19.9 Å². The molecule has 94 valence electrons. The molecule has 0 fully saturated rings. The van der Waals surface area contributed by atoms with Gasteiger partial charge in [0.05, 0.1) is 22.0 Å². The summed E-state index contributed by atoms with van der Waals surface area (Å²) in [7, 11) is 0. The average molecular weight is 252 g/mol. The van der Waals surface area contributed by atoms with E-state index < -0.39 is 16.8 Å². The van der Waals surface area contributed by atoms with E-state index in [0.717, 1.165) is 4.80 Å². The average Bonchev–Trinajstić information content (AvgIpc) is 2.75. The molecule has 0 aliphatic rings. The normalized spacial score (nSPS) is 10.8. The number of nitro groups is 1. The number of tetrazole rings is 1. The smallest absolute Gasteiger partial charge is 0.390 e. The Morgan fingerprint density at radius 3 is 3.00 bits per heavy atom. The topological polar surface area (TPSA) is 152 Å². The first-order valence-corrected chi connectivity index (χ1v) is 4.64. The fraction of sp³-hybridized carbons (Fsp3) is 0.429. The van der Waals surface area contributed by atoms with Crippen molar-refractivity contribution in [2.75, 3.05) is 0 Å². The van der Waals surface area contributed by atoms with Crippen molar-refractivity contribution < 1.29 is 9.72 Å². The summed E-state index contributed by atoms with van der Waals surface area (Å²) in [6, 6.07) is 1.66. The molecule has 0 aliphatic carbocycles. The zero-order valence-corrected chi connectivity index (χ0v) is 9.27. The van der Waals surface area contributed by atoms with Crippen molar-refractivity contribution in [3.8, 4) is 6.07 Å². The second-order valence-corrected chi connectivity index (χ2v) is 3.09. The van der Waals surface area contributed by atoms with Crippen molar-refractivity contribution in [1.29, 1.82) is 5.26 Å². The van der Waals surface area contributed by atoms with Gasteiger partial charge in [-0.25, -0.2) is 5.43 Å². The lowest BCUT2D eigenvalue weighted by Gasteiger charge is -1.97. The van der Waals surface area contributed by atoms with Crippen LogP contribution in [-0.2, 0) is 11.3 Å². The van der Waals surface area contributed by atoms with Gasteiger partial charge in [-0.05, 0) is 11.8 Å². The molecule has 0 bridgehead atoms. The predicted octanol–water partition coefficient (Wildman–Crippen LogP) is -1.01. The fourth-order valence-electron chi connectivity index (χ4n) is 0.884. The van der Waals surface area contributed by atoms with Crippen LogP contribution in [0.3, 0.4) is 0 Å². The maximum Gasteiger partial charge on any atom is 0.514 e. The molecule has 1 amide bonds. The molecule has 0 spiro atoms. The van der Waals surface area contributed by atoms with E-state index >= 15 is 0 Å². The molecule has 0 aliphatic heterocycles. The van der Waals surface area contributed by atoms with Crippen LogP contribution in [0, 0.1) is 21.4 Å². The summed E-state index contributed by atoms with van der Waals surface area (Å²) in [5.74, 6) is -1.16. The Labute approximate surface area is 100 Å². The van der Waals surface area contributed by atoms with E-state index in [9.17, 15) is 14.9 Å². The van der Waals surface area contributed by atoms with E-state index in [1.54, 1.807) is 13.0 Å². The van der Waals surface area contributed by atoms with Crippen LogP contribution in [-0.4, -0.2) is 36.7 Å². The minimum atomic E-state index is -0.773. The van der Waals surface area contributed by atoms with E-state index in [0.29, 0.717) is 5.71 Å². The second kappa shape index (κ2) is 5.99. The lowest BCUT2D eigenvalue weighted by atomic mass is 10.4. The lowest BCUT2D eigenvalue weighted by molar-refractivity contribution is -0.394. The number of hydrazone groups is 1. The number of carbonyl (C=O) groups is 1. The van der Waals surface area contributed by atoms with Crippen molar-refractivity contribution in [1.82, 2.24) is 25.6 Å². The largest absolute Gasteiger partial charge is 0.514 e. The Balaban J connectivity index is 2.55. The molecular weight excluding hydrogens is 244 g/mol. The third kappa shape index (κ3) is 3.93. The highest BCUT2D eigenvalue weighted by molar-refractivity contribution is 5.84. The monoisotopic (exact) mass is 252 g/mol. The molecular formula is C7H8N8O3. The van der Waals surface area contributed by atoms with Gasteiger partial charge in [-0.15, -0.1) is 0 Å². The first kappa shape index (κ1) is 13.2. The summed E-state index contributed by atoms with van der Waals surface area (Å²) in [5, 5.41) is 32.3. The predicted molar refractivity (Wildman–Crippen MR) is 56.0 cm³/mol. The zero-order chi connectivity index (χ0) is 13.5. The third-order valence-corrected chi connectivity index (χ3v) is 1.59. The van der Waals surface area contributed by atoms with Gasteiger partial charge in [0.2, 0.25) is 0 Å². The van der Waals surface area contributed by atoms with Gasteiger partial charge in [-0.3, -0.25) is 4.79 Å². The maximum atomic E-state index is 10.9. The molecule has 0 radical (unpaired) electrons. The summed E-state index contributed by atoms with van der Waals surface area (Å²) in [5.41, 5.74) is 2.53. The van der Waals surface area contributed by atoms with Crippen LogP contribution in [0.15, 0.2) is 5.10 Å². The minimum Gasteiger partial charge on any atom is -0.390 e. The van der Waals surface area contributed by atoms with Crippen LogP contribution < -0.4 is 5.43 Å². The molecule has 1 rings (SSSR count). The van der Waals surface area contributed by atoms with Crippen molar-refractivity contribution in [2.24, 2.45) is 5.10 Å². The minimum absolute atomic E-state index is 0.0354. The number of nitriles is 1. The standard InChI is InChI=1S/C7H8N8O3/c1-5(9-10-6(16)2-3-8)4-14-12-7(11-13-14)15(17)18/h2,4H2,1H3,(H,10,16)/b9-5-. The number of nitrogens with one attached hydrogen (secondary N) is 1. The second-order valence-electron chi connectivity index (χ2n) is 3.09. The highest BCUT2D eigenvalue weighted by atomic mass is 16.6. The number of rotatable bonds is 5. The van der Waals surface area contributed by atoms with Crippen LogP contribution in [0.25, 0.3) is 0 Å². The number of amides is 1. The summed E-state index contributed by atoms with van der Waals surface area (Å²) in [4.78, 5) is 21.4. The van der Waals surface area contributed by atoms with Crippen LogP contribution in [0.1, 0.15) is 13.3 Å². The number of hydrogen-bond acceptors (Lipinski definition) is 8. The van der Waals surface area contributed by atoms with Crippen LogP contribution in [0.2, 0.25) is 0 Å². The number of hydrogen-bond donors (Lipinski definition) is 1. The molecule has 11 heteroatoms. The van der Waals surface area contributed by atoms with Gasteiger partial charge in [0.15, 0.2) is 0 Å². The van der Waals surface area contributed by atoms with Gasteiger partial charge >= 0.3 is 5.95 Å². The molecule has 1 aromatic rings. The molecule has 0 atom stereocenters. The van der Waals surface area contributed by atoms with E-state index in [2.05, 4.69) is 25.9 Å². The first-order chi connectivity index (χ1) is 8.52. The number of carbonyl (C=O) groups excluding carboxylic acids is 1. The molecule has 11 nitrogen and oxygen atoms in total. The van der Waals surface area contributed by atoms with Crippen molar-refractivity contribution in [3.05, 3.63) is 10.1 Å². The summed E-state index contributed by atoms with van der Waals surface area (Å²) in [6.07, 6.45) is -0.302. The Hall–Kier alpha value is -2.90. The molecule has 1 N–H and O–H groups in total. The highest BCUT2D eigenvalue weighted by Crippen LogP contribution is 1.96. The zero-order valence-electron chi connectivity index (χ0n) is 9.27. The van der Waals surface area contributed by atoms with Gasteiger partial charge in [-0.1, -0.05) is 4.80 Å². The number of aromatic nitrogens is 4. The summed E-state index contributed by atoms with van der Waals surface area (Å²) in [6.45, 7) is 1.59. The van der Waals surface area contributed by atoms with Crippen LogP contribution >= 0.6 is 0 Å². The maximum absolute atomic E-state index is 10.9. The SMILES string of the molecule is C/C(Cn1nnc([N+](=O)[O-])n1)=N/NC(=O)CC#N. The van der Waals surface area contributed by atoms with E-state index in [4.69, 9.17) is 5.26 Å². The van der Waals surface area contributed by atoms with Crippen molar-refractivity contribution in [3.63, 3.8) is 0 Å². The molecule has 0 saturated carbocycles. The summed E-state index contributed by atoms with van der Waals surface area (Å²) >= 11 is 0. The molecule has 0 saturated heterocycles. The molecule has 18 heavy (non-hydrogen) atoms. The van der Waals surface area contributed by atoms with Gasteiger partial charge in [0, 0.05) is 5.21 Å². The quantitative estimate of drug-likeness (QED) is 0.400. The van der Waals surface area contributed by atoms with Crippen molar-refractivity contribution >= 4 is 17.6 Å².